The van der Waals surface area contributed by atoms with Gasteiger partial charge in [-0.1, -0.05) is 0 Å². The van der Waals surface area contributed by atoms with Crippen LogP contribution in [-0.2, 0) is 9.47 Å². The first-order chi connectivity index (χ1) is 19.4. The van der Waals surface area contributed by atoms with Gasteiger partial charge in [0, 0.05) is 24.1 Å². The lowest BCUT2D eigenvalue weighted by Crippen LogP contribution is -2.60. The normalized spacial score (nSPS) is 32.2. The zero-order valence-corrected chi connectivity index (χ0v) is 21.6. The van der Waals surface area contributed by atoms with E-state index >= 15 is 0 Å². The lowest BCUT2D eigenvalue weighted by molar-refractivity contribution is -0.277. The third-order valence-corrected chi connectivity index (χ3v) is 7.38. The van der Waals surface area contributed by atoms with Crippen molar-refractivity contribution in [2.75, 3.05) is 6.61 Å². The van der Waals surface area contributed by atoms with Gasteiger partial charge in [0.1, 0.15) is 58.7 Å². The Kier molecular flexibility index (Phi) is 7.84. The van der Waals surface area contributed by atoms with E-state index < -0.39 is 84.4 Å². The van der Waals surface area contributed by atoms with Crippen molar-refractivity contribution in [1.82, 2.24) is 0 Å². The molecule has 0 amide bonds. The van der Waals surface area contributed by atoms with Gasteiger partial charge in [0.05, 0.1) is 30.5 Å². The summed E-state index contributed by atoms with van der Waals surface area (Å²) in [6, 6.07) is 5.96. The van der Waals surface area contributed by atoms with Gasteiger partial charge >= 0.3 is 0 Å². The molecule has 1 aromatic heterocycles. The van der Waals surface area contributed by atoms with Gasteiger partial charge in [-0.15, -0.1) is 0 Å². The summed E-state index contributed by atoms with van der Waals surface area (Å²) in [4.78, 5) is 13.2. The smallest absolute Gasteiger partial charge is 0.229 e. The van der Waals surface area contributed by atoms with E-state index in [4.69, 9.17) is 18.6 Å². The maximum Gasteiger partial charge on any atom is 0.229 e. The fourth-order valence-corrected chi connectivity index (χ4v) is 5.06. The molecule has 3 aromatic rings. The van der Waals surface area contributed by atoms with Crippen molar-refractivity contribution in [1.29, 1.82) is 0 Å². The molecule has 0 saturated carbocycles. The molecule has 14 heteroatoms. The summed E-state index contributed by atoms with van der Waals surface area (Å²) in [5.74, 6) is -1.85. The first kappa shape index (κ1) is 29.0. The number of aliphatic hydroxyl groups excluding tert-OH is 6. The molecular weight excluding hydrogens is 548 g/mol. The Morgan fingerprint density at radius 3 is 2.29 bits per heavy atom. The highest BCUT2D eigenvalue weighted by Gasteiger charge is 2.46. The summed E-state index contributed by atoms with van der Waals surface area (Å²) in [5.41, 5.74) is -0.878. The molecule has 2 aliphatic heterocycles. The number of aromatic hydroxyl groups is 3. The molecule has 3 heterocycles. The van der Waals surface area contributed by atoms with Crippen LogP contribution in [-0.4, -0.2) is 102 Å². The largest absolute Gasteiger partial charge is 0.506 e. The van der Waals surface area contributed by atoms with Crippen molar-refractivity contribution in [3.05, 3.63) is 46.1 Å². The second-order valence-electron chi connectivity index (χ2n) is 10.1. The SMILES string of the molecule is CC1OC(c2c(OC3OC(CO)C(O)C(O)C3O)cc3oc(-c4ccc(O)c(O)c4)cc(=O)c3c2O)CC(O)C1O. The fourth-order valence-electron chi connectivity index (χ4n) is 5.06. The highest BCUT2D eigenvalue weighted by Crippen LogP contribution is 2.46. The number of fused-ring (bicyclic) bond motifs is 1. The van der Waals surface area contributed by atoms with Crippen LogP contribution in [0.25, 0.3) is 22.3 Å². The summed E-state index contributed by atoms with van der Waals surface area (Å²) >= 11 is 0. The van der Waals surface area contributed by atoms with Crippen LogP contribution < -0.4 is 10.2 Å². The van der Waals surface area contributed by atoms with E-state index in [0.29, 0.717) is 0 Å². The molecule has 222 valence electrons. The molecule has 2 aliphatic rings. The van der Waals surface area contributed by atoms with Crippen LogP contribution in [0.15, 0.2) is 39.5 Å². The maximum atomic E-state index is 13.2. The molecule has 14 nitrogen and oxygen atoms in total. The van der Waals surface area contributed by atoms with Crippen molar-refractivity contribution in [2.24, 2.45) is 0 Å². The van der Waals surface area contributed by atoms with Gasteiger partial charge in [0.15, 0.2) is 16.9 Å². The van der Waals surface area contributed by atoms with Crippen LogP contribution in [0.2, 0.25) is 0 Å². The van der Waals surface area contributed by atoms with Gasteiger partial charge in [-0.25, -0.2) is 0 Å². The van der Waals surface area contributed by atoms with Crippen LogP contribution in [0.5, 0.6) is 23.0 Å². The minimum atomic E-state index is -1.82. The zero-order chi connectivity index (χ0) is 29.7. The van der Waals surface area contributed by atoms with Crippen molar-refractivity contribution in [3.8, 4) is 34.3 Å². The van der Waals surface area contributed by atoms with Gasteiger partial charge in [0.25, 0.3) is 0 Å². The summed E-state index contributed by atoms with van der Waals surface area (Å²) < 4.78 is 22.9. The number of hydrogen-bond donors (Lipinski definition) is 9. The van der Waals surface area contributed by atoms with E-state index in [1.165, 1.54) is 25.1 Å². The average molecular weight is 579 g/mol. The lowest BCUT2D eigenvalue weighted by Gasteiger charge is -2.40. The summed E-state index contributed by atoms with van der Waals surface area (Å²) in [6.45, 7) is 0.760. The van der Waals surface area contributed by atoms with Crippen LogP contribution in [0.1, 0.15) is 25.0 Å². The zero-order valence-electron chi connectivity index (χ0n) is 21.6. The second-order valence-corrected chi connectivity index (χ2v) is 10.1. The molecule has 0 spiro atoms. The lowest BCUT2D eigenvalue weighted by atomic mass is 9.92. The molecule has 2 fully saturated rings. The molecule has 0 radical (unpaired) electrons. The Morgan fingerprint density at radius 1 is 0.902 bits per heavy atom. The summed E-state index contributed by atoms with van der Waals surface area (Å²) in [5, 5.41) is 91.6. The predicted octanol–water partition coefficient (Wildman–Crippen LogP) is -0.673. The number of rotatable bonds is 5. The van der Waals surface area contributed by atoms with E-state index in [9.17, 15) is 50.8 Å². The van der Waals surface area contributed by atoms with Gasteiger partial charge in [-0.05, 0) is 25.1 Å². The van der Waals surface area contributed by atoms with Crippen molar-refractivity contribution in [3.63, 3.8) is 0 Å². The highest BCUT2D eigenvalue weighted by molar-refractivity contribution is 5.88. The Hall–Kier alpha value is -3.47. The van der Waals surface area contributed by atoms with Gasteiger partial charge in [0.2, 0.25) is 6.29 Å². The minimum absolute atomic E-state index is 0.0511. The molecular formula is C27H30O14. The number of aliphatic hydroxyl groups is 6. The molecule has 9 unspecified atom stereocenters. The molecule has 9 atom stereocenters. The van der Waals surface area contributed by atoms with E-state index in [1.807, 2.05) is 0 Å². The Morgan fingerprint density at radius 2 is 1.63 bits per heavy atom. The third kappa shape index (κ3) is 5.20. The molecule has 5 rings (SSSR count). The molecule has 2 aromatic carbocycles. The highest BCUT2D eigenvalue weighted by atomic mass is 16.7. The van der Waals surface area contributed by atoms with Gasteiger partial charge in [-0.3, -0.25) is 4.79 Å². The Bertz CT molecular complexity index is 1470. The van der Waals surface area contributed by atoms with Gasteiger partial charge < -0.3 is 64.6 Å². The molecule has 9 N–H and O–H groups in total. The first-order valence-corrected chi connectivity index (χ1v) is 12.8. The predicted molar refractivity (Wildman–Crippen MR) is 137 cm³/mol. The third-order valence-electron chi connectivity index (χ3n) is 7.38. The monoisotopic (exact) mass is 578 g/mol. The standard InChI is InChI=1S/C27H30O14/c1-9-22(33)14(32)6-16(38-9)21-18(40-27-26(37)25(36)23(34)19(8-28)41-27)7-17-20(24(21)35)13(31)5-15(39-17)10-2-3-11(29)12(30)4-10/h2-5,7,9,14,16,19,22-23,25-30,32-37H,6,8H2,1H3. The van der Waals surface area contributed by atoms with Crippen LogP contribution >= 0.6 is 0 Å². The Labute approximate surface area is 231 Å². The van der Waals surface area contributed by atoms with Crippen molar-refractivity contribution < 1.29 is 64.6 Å². The Balaban J connectivity index is 1.66. The quantitative estimate of drug-likeness (QED) is 0.171. The first-order valence-electron chi connectivity index (χ1n) is 12.8. The van der Waals surface area contributed by atoms with Crippen molar-refractivity contribution in [2.45, 2.75) is 68.5 Å². The molecule has 0 aliphatic carbocycles. The van der Waals surface area contributed by atoms with Gasteiger partial charge in [-0.2, -0.15) is 0 Å². The molecule has 41 heavy (non-hydrogen) atoms. The minimum Gasteiger partial charge on any atom is -0.506 e. The molecule has 0 bridgehead atoms. The van der Waals surface area contributed by atoms with Crippen LogP contribution in [0, 0.1) is 0 Å². The number of hydrogen-bond acceptors (Lipinski definition) is 14. The topological polar surface area (TPSA) is 240 Å². The van der Waals surface area contributed by atoms with Crippen LogP contribution in [0.3, 0.4) is 0 Å². The number of phenols is 3. The van der Waals surface area contributed by atoms with E-state index in [0.717, 1.165) is 12.1 Å². The number of benzene rings is 2. The van der Waals surface area contributed by atoms with Crippen molar-refractivity contribution >= 4 is 11.0 Å². The van der Waals surface area contributed by atoms with E-state index in [-0.39, 0.29) is 40.0 Å². The van der Waals surface area contributed by atoms with Crippen LogP contribution in [0.4, 0.5) is 0 Å². The fraction of sp³-hybridized carbons (Fsp3) is 0.444. The average Bonchev–Trinajstić information content (AvgIpc) is 2.93. The summed E-state index contributed by atoms with van der Waals surface area (Å²) in [6.07, 6.45) is -13.1. The van der Waals surface area contributed by atoms with E-state index in [1.54, 1.807) is 0 Å². The number of phenolic OH excluding ortho intramolecular Hbond substituents is 3. The summed E-state index contributed by atoms with van der Waals surface area (Å²) in [7, 11) is 0. The maximum absolute atomic E-state index is 13.2. The molecule has 2 saturated heterocycles. The number of ether oxygens (including phenoxy) is 3. The second kappa shape index (κ2) is 11.1. The van der Waals surface area contributed by atoms with E-state index in [2.05, 4.69) is 0 Å².